The first kappa shape index (κ1) is 17.2. The zero-order valence-corrected chi connectivity index (χ0v) is 14.3. The van der Waals surface area contributed by atoms with Crippen molar-refractivity contribution in [2.45, 2.75) is 19.5 Å². The predicted octanol–water partition coefficient (Wildman–Crippen LogP) is 2.79. The quantitative estimate of drug-likeness (QED) is 0.931. The molecule has 1 heterocycles. The molecule has 2 aromatic rings. The summed E-state index contributed by atoms with van der Waals surface area (Å²) in [5.41, 5.74) is 2.41. The van der Waals surface area contributed by atoms with E-state index in [4.69, 9.17) is 5.11 Å². The number of carboxylic acids is 1. The Bertz CT molecular complexity index is 761. The fourth-order valence-electron chi connectivity index (χ4n) is 3.38. The molecule has 1 amide bonds. The molecule has 5 heteroatoms. The van der Waals surface area contributed by atoms with Gasteiger partial charge in [0.2, 0.25) is 5.91 Å². The number of carboxylic acid groups (broad SMARTS) is 1. The van der Waals surface area contributed by atoms with Gasteiger partial charge in [0.25, 0.3) is 0 Å². The molecule has 0 aromatic heterocycles. The standard InChI is InChI=1S/C20H22N2O3/c1-15(23)22-11-10-21(14-19(22)17-7-3-2-4-8-17)13-16-6-5-9-18(12-16)20(24)25/h2-9,12,19H,10-11,13-14H2,1H3,(H,24,25)/t19-/m1/s1. The van der Waals surface area contributed by atoms with Crippen LogP contribution in [0, 0.1) is 0 Å². The van der Waals surface area contributed by atoms with Gasteiger partial charge in [0.05, 0.1) is 11.6 Å². The Morgan fingerprint density at radius 3 is 2.52 bits per heavy atom. The lowest BCUT2D eigenvalue weighted by molar-refractivity contribution is -0.134. The molecule has 1 aliphatic rings. The Morgan fingerprint density at radius 1 is 1.08 bits per heavy atom. The molecule has 1 saturated heterocycles. The van der Waals surface area contributed by atoms with E-state index in [1.54, 1.807) is 25.1 Å². The second-order valence-electron chi connectivity index (χ2n) is 6.38. The SMILES string of the molecule is CC(=O)N1CCN(Cc2cccc(C(=O)O)c2)C[C@@H]1c1ccccc1. The highest BCUT2D eigenvalue weighted by Gasteiger charge is 2.29. The van der Waals surface area contributed by atoms with Crippen molar-refractivity contribution >= 4 is 11.9 Å². The minimum atomic E-state index is -0.912. The van der Waals surface area contributed by atoms with Gasteiger partial charge >= 0.3 is 5.97 Å². The highest BCUT2D eigenvalue weighted by molar-refractivity contribution is 5.87. The van der Waals surface area contributed by atoms with Crippen LogP contribution in [0.5, 0.6) is 0 Å². The molecule has 0 spiro atoms. The van der Waals surface area contributed by atoms with Gasteiger partial charge < -0.3 is 10.0 Å². The molecule has 1 fully saturated rings. The van der Waals surface area contributed by atoms with E-state index in [0.717, 1.165) is 24.2 Å². The van der Waals surface area contributed by atoms with Crippen LogP contribution in [0.1, 0.15) is 34.5 Å². The van der Waals surface area contributed by atoms with Crippen molar-refractivity contribution in [3.63, 3.8) is 0 Å². The van der Waals surface area contributed by atoms with Crippen molar-refractivity contribution in [3.8, 4) is 0 Å². The molecule has 0 saturated carbocycles. The van der Waals surface area contributed by atoms with E-state index in [-0.39, 0.29) is 11.9 Å². The fourth-order valence-corrected chi connectivity index (χ4v) is 3.38. The molecule has 0 aliphatic carbocycles. The van der Waals surface area contributed by atoms with Crippen LogP contribution < -0.4 is 0 Å². The largest absolute Gasteiger partial charge is 0.478 e. The summed E-state index contributed by atoms with van der Waals surface area (Å²) in [6.45, 7) is 4.48. The molecule has 0 bridgehead atoms. The third kappa shape index (κ3) is 4.06. The van der Waals surface area contributed by atoms with Gasteiger partial charge in [0, 0.05) is 33.1 Å². The molecule has 0 radical (unpaired) electrons. The first-order chi connectivity index (χ1) is 12.0. The third-order valence-corrected chi connectivity index (χ3v) is 4.63. The molecular weight excluding hydrogens is 316 g/mol. The summed E-state index contributed by atoms with van der Waals surface area (Å²) in [7, 11) is 0. The summed E-state index contributed by atoms with van der Waals surface area (Å²) in [6.07, 6.45) is 0. The van der Waals surface area contributed by atoms with Crippen LogP contribution in [-0.4, -0.2) is 46.4 Å². The van der Waals surface area contributed by atoms with Gasteiger partial charge in [0.15, 0.2) is 0 Å². The summed E-state index contributed by atoms with van der Waals surface area (Å²) in [5.74, 6) is -0.827. The zero-order valence-electron chi connectivity index (χ0n) is 14.3. The second kappa shape index (κ2) is 7.49. The van der Waals surface area contributed by atoms with E-state index in [0.29, 0.717) is 18.7 Å². The molecule has 25 heavy (non-hydrogen) atoms. The number of carbonyl (C=O) groups is 2. The molecule has 1 aliphatic heterocycles. The fraction of sp³-hybridized carbons (Fsp3) is 0.300. The van der Waals surface area contributed by atoms with Crippen LogP contribution in [0.4, 0.5) is 0 Å². The summed E-state index contributed by atoms with van der Waals surface area (Å²) < 4.78 is 0. The van der Waals surface area contributed by atoms with E-state index in [1.165, 1.54) is 0 Å². The smallest absolute Gasteiger partial charge is 0.335 e. The minimum absolute atomic E-state index is 0.0232. The predicted molar refractivity (Wildman–Crippen MR) is 95.2 cm³/mol. The van der Waals surface area contributed by atoms with E-state index in [2.05, 4.69) is 17.0 Å². The maximum atomic E-state index is 12.0. The average Bonchev–Trinajstić information content (AvgIpc) is 2.62. The first-order valence-corrected chi connectivity index (χ1v) is 8.41. The average molecular weight is 338 g/mol. The maximum Gasteiger partial charge on any atom is 0.335 e. The molecule has 0 unspecified atom stereocenters. The topological polar surface area (TPSA) is 60.9 Å². The Labute approximate surface area is 147 Å². The first-order valence-electron chi connectivity index (χ1n) is 8.41. The van der Waals surface area contributed by atoms with Crippen LogP contribution in [0.2, 0.25) is 0 Å². The van der Waals surface area contributed by atoms with Gasteiger partial charge in [0.1, 0.15) is 0 Å². The summed E-state index contributed by atoms with van der Waals surface area (Å²) in [4.78, 5) is 27.3. The normalized spacial score (nSPS) is 18.1. The number of piperazine rings is 1. The van der Waals surface area contributed by atoms with Crippen molar-refractivity contribution < 1.29 is 14.7 Å². The van der Waals surface area contributed by atoms with Crippen molar-refractivity contribution in [1.82, 2.24) is 9.80 Å². The monoisotopic (exact) mass is 338 g/mol. The van der Waals surface area contributed by atoms with E-state index < -0.39 is 5.97 Å². The Kier molecular flexibility index (Phi) is 5.14. The van der Waals surface area contributed by atoms with Crippen LogP contribution >= 0.6 is 0 Å². The van der Waals surface area contributed by atoms with Crippen LogP contribution in [0.15, 0.2) is 54.6 Å². The lowest BCUT2D eigenvalue weighted by Crippen LogP contribution is -2.49. The van der Waals surface area contributed by atoms with Gasteiger partial charge in [-0.1, -0.05) is 42.5 Å². The molecule has 1 atom stereocenters. The highest BCUT2D eigenvalue weighted by atomic mass is 16.4. The van der Waals surface area contributed by atoms with Crippen LogP contribution in [0.25, 0.3) is 0 Å². The van der Waals surface area contributed by atoms with Gasteiger partial charge in [-0.3, -0.25) is 9.69 Å². The van der Waals surface area contributed by atoms with E-state index in [9.17, 15) is 9.59 Å². The number of amides is 1. The second-order valence-corrected chi connectivity index (χ2v) is 6.38. The van der Waals surface area contributed by atoms with Crippen molar-refractivity contribution in [2.75, 3.05) is 19.6 Å². The number of rotatable bonds is 4. The number of hydrogen-bond donors (Lipinski definition) is 1. The third-order valence-electron chi connectivity index (χ3n) is 4.63. The van der Waals surface area contributed by atoms with Gasteiger partial charge in [-0.05, 0) is 23.3 Å². The van der Waals surface area contributed by atoms with Gasteiger partial charge in [-0.25, -0.2) is 4.79 Å². The molecule has 5 nitrogen and oxygen atoms in total. The zero-order chi connectivity index (χ0) is 17.8. The van der Waals surface area contributed by atoms with Crippen molar-refractivity contribution in [3.05, 3.63) is 71.3 Å². The molecule has 130 valence electrons. The van der Waals surface area contributed by atoms with Crippen molar-refractivity contribution in [2.24, 2.45) is 0 Å². The summed E-state index contributed by atoms with van der Waals surface area (Å²) in [6, 6.07) is 17.1. The number of nitrogens with zero attached hydrogens (tertiary/aromatic N) is 2. The minimum Gasteiger partial charge on any atom is -0.478 e. The Balaban J connectivity index is 1.77. The molecular formula is C20H22N2O3. The summed E-state index contributed by atoms with van der Waals surface area (Å²) >= 11 is 0. The summed E-state index contributed by atoms with van der Waals surface area (Å²) in [5, 5.41) is 9.14. The Hall–Kier alpha value is -2.66. The van der Waals surface area contributed by atoms with Crippen molar-refractivity contribution in [1.29, 1.82) is 0 Å². The Morgan fingerprint density at radius 2 is 1.84 bits per heavy atom. The highest BCUT2D eigenvalue weighted by Crippen LogP contribution is 2.26. The number of benzene rings is 2. The number of carbonyl (C=O) groups excluding carboxylic acids is 1. The number of hydrogen-bond acceptors (Lipinski definition) is 3. The number of aromatic carboxylic acids is 1. The van der Waals surface area contributed by atoms with Gasteiger partial charge in [-0.2, -0.15) is 0 Å². The molecule has 1 N–H and O–H groups in total. The maximum absolute atomic E-state index is 12.0. The lowest BCUT2D eigenvalue weighted by atomic mass is 10.0. The van der Waals surface area contributed by atoms with E-state index in [1.807, 2.05) is 29.2 Å². The van der Waals surface area contributed by atoms with Gasteiger partial charge in [-0.15, -0.1) is 0 Å². The molecule has 3 rings (SSSR count). The van der Waals surface area contributed by atoms with E-state index >= 15 is 0 Å². The van der Waals surface area contributed by atoms with Crippen LogP contribution in [0.3, 0.4) is 0 Å². The van der Waals surface area contributed by atoms with Crippen LogP contribution in [-0.2, 0) is 11.3 Å². The molecule has 2 aromatic carbocycles. The lowest BCUT2D eigenvalue weighted by Gasteiger charge is -2.41.